The van der Waals surface area contributed by atoms with Crippen molar-refractivity contribution < 1.29 is 0 Å². The van der Waals surface area contributed by atoms with Crippen LogP contribution in [-0.4, -0.2) is 0 Å². The summed E-state index contributed by atoms with van der Waals surface area (Å²) in [6, 6.07) is 7.97. The Morgan fingerprint density at radius 2 is 2.06 bits per heavy atom. The van der Waals surface area contributed by atoms with E-state index in [0.29, 0.717) is 0 Å². The van der Waals surface area contributed by atoms with Gasteiger partial charge in [-0.15, -0.1) is 11.3 Å². The summed E-state index contributed by atoms with van der Waals surface area (Å²) in [6.07, 6.45) is 4.19. The standard InChI is InChI=1S/C13H10BrClS/c1-9-6-10(8-16-9)2-3-11-4-5-12(15)7-13(11)14/h2-8H,1H3/b3-2+. The van der Waals surface area contributed by atoms with Crippen LogP contribution in [0.3, 0.4) is 0 Å². The minimum atomic E-state index is 0.746. The molecule has 0 saturated carbocycles. The van der Waals surface area contributed by atoms with E-state index < -0.39 is 0 Å². The van der Waals surface area contributed by atoms with E-state index in [1.807, 2.05) is 18.2 Å². The van der Waals surface area contributed by atoms with Crippen molar-refractivity contribution in [3.63, 3.8) is 0 Å². The molecule has 0 bridgehead atoms. The van der Waals surface area contributed by atoms with Crippen molar-refractivity contribution in [1.29, 1.82) is 0 Å². The Morgan fingerprint density at radius 1 is 1.25 bits per heavy atom. The van der Waals surface area contributed by atoms with Gasteiger partial charge < -0.3 is 0 Å². The topological polar surface area (TPSA) is 0 Å². The van der Waals surface area contributed by atoms with Crippen molar-refractivity contribution in [3.05, 3.63) is 55.1 Å². The molecule has 2 rings (SSSR count). The molecule has 2 aromatic rings. The van der Waals surface area contributed by atoms with Crippen LogP contribution < -0.4 is 0 Å². The van der Waals surface area contributed by atoms with Crippen molar-refractivity contribution in [2.45, 2.75) is 6.92 Å². The highest BCUT2D eigenvalue weighted by Gasteiger charge is 1.97. The van der Waals surface area contributed by atoms with Gasteiger partial charge in [0.25, 0.3) is 0 Å². The van der Waals surface area contributed by atoms with Crippen LogP contribution in [0.4, 0.5) is 0 Å². The Kier molecular flexibility index (Phi) is 3.85. The summed E-state index contributed by atoms with van der Waals surface area (Å²) in [5.41, 5.74) is 2.37. The first kappa shape index (κ1) is 11.9. The minimum Gasteiger partial charge on any atom is -0.149 e. The van der Waals surface area contributed by atoms with Crippen molar-refractivity contribution in [2.24, 2.45) is 0 Å². The number of thiophene rings is 1. The fourth-order valence-corrected chi connectivity index (χ4v) is 2.86. The number of benzene rings is 1. The largest absolute Gasteiger partial charge is 0.149 e. The average Bonchev–Trinajstić information content (AvgIpc) is 2.63. The third-order valence-electron chi connectivity index (χ3n) is 2.17. The molecule has 1 heterocycles. The molecular formula is C13H10BrClS. The predicted molar refractivity (Wildman–Crippen MR) is 77.1 cm³/mol. The lowest BCUT2D eigenvalue weighted by Gasteiger charge is -1.98. The van der Waals surface area contributed by atoms with Crippen molar-refractivity contribution in [1.82, 2.24) is 0 Å². The molecule has 0 aliphatic rings. The minimum absolute atomic E-state index is 0.746. The molecule has 0 amide bonds. The van der Waals surface area contributed by atoms with Crippen LogP contribution in [0, 0.1) is 6.92 Å². The van der Waals surface area contributed by atoms with Crippen LogP contribution in [0.25, 0.3) is 12.2 Å². The van der Waals surface area contributed by atoms with Gasteiger partial charge >= 0.3 is 0 Å². The van der Waals surface area contributed by atoms with Gasteiger partial charge in [0.15, 0.2) is 0 Å². The molecule has 1 aromatic carbocycles. The summed E-state index contributed by atoms with van der Waals surface area (Å²) in [7, 11) is 0. The normalized spacial score (nSPS) is 11.2. The number of hydrogen-bond acceptors (Lipinski definition) is 1. The molecule has 0 radical (unpaired) electrons. The molecule has 0 nitrogen and oxygen atoms in total. The number of aryl methyl sites for hydroxylation is 1. The zero-order valence-corrected chi connectivity index (χ0v) is 11.9. The molecule has 0 atom stereocenters. The predicted octanol–water partition coefficient (Wildman–Crippen LogP) is 5.64. The zero-order valence-electron chi connectivity index (χ0n) is 8.71. The second-order valence-corrected chi connectivity index (χ2v) is 5.90. The van der Waals surface area contributed by atoms with E-state index in [1.165, 1.54) is 10.4 Å². The van der Waals surface area contributed by atoms with E-state index in [9.17, 15) is 0 Å². The van der Waals surface area contributed by atoms with E-state index in [0.717, 1.165) is 15.1 Å². The molecule has 0 N–H and O–H groups in total. The molecule has 0 spiro atoms. The van der Waals surface area contributed by atoms with Gasteiger partial charge in [-0.05, 0) is 41.6 Å². The van der Waals surface area contributed by atoms with Gasteiger partial charge in [0.05, 0.1) is 0 Å². The van der Waals surface area contributed by atoms with Crippen LogP contribution in [-0.2, 0) is 0 Å². The summed E-state index contributed by atoms with van der Waals surface area (Å²) < 4.78 is 1.02. The highest BCUT2D eigenvalue weighted by atomic mass is 79.9. The maximum atomic E-state index is 5.89. The first-order chi connectivity index (χ1) is 7.65. The van der Waals surface area contributed by atoms with E-state index in [-0.39, 0.29) is 0 Å². The highest BCUT2D eigenvalue weighted by Crippen LogP contribution is 2.24. The molecule has 16 heavy (non-hydrogen) atoms. The quantitative estimate of drug-likeness (QED) is 0.672. The maximum Gasteiger partial charge on any atom is 0.0417 e. The molecule has 82 valence electrons. The summed E-state index contributed by atoms with van der Waals surface area (Å²) in [5, 5.41) is 2.89. The van der Waals surface area contributed by atoms with E-state index in [2.05, 4.69) is 46.5 Å². The molecule has 0 unspecified atom stereocenters. The van der Waals surface area contributed by atoms with Crippen molar-refractivity contribution in [2.75, 3.05) is 0 Å². The Labute approximate surface area is 113 Å². The summed E-state index contributed by atoms with van der Waals surface area (Å²) in [4.78, 5) is 1.33. The maximum absolute atomic E-state index is 5.89. The zero-order chi connectivity index (χ0) is 11.5. The average molecular weight is 314 g/mol. The van der Waals surface area contributed by atoms with Gasteiger partial charge in [0.2, 0.25) is 0 Å². The Hall–Kier alpha value is -0.570. The van der Waals surface area contributed by atoms with E-state index in [4.69, 9.17) is 11.6 Å². The Bertz CT molecular complexity index is 528. The summed E-state index contributed by atoms with van der Waals surface area (Å²) >= 11 is 11.1. The number of rotatable bonds is 2. The van der Waals surface area contributed by atoms with Gasteiger partial charge in [-0.1, -0.05) is 45.7 Å². The van der Waals surface area contributed by atoms with Crippen LogP contribution in [0.15, 0.2) is 34.1 Å². The fraction of sp³-hybridized carbons (Fsp3) is 0.0769. The fourth-order valence-electron chi connectivity index (χ4n) is 1.37. The van der Waals surface area contributed by atoms with E-state index in [1.54, 1.807) is 11.3 Å². The van der Waals surface area contributed by atoms with Crippen molar-refractivity contribution >= 4 is 51.0 Å². The highest BCUT2D eigenvalue weighted by molar-refractivity contribution is 9.10. The molecular weight excluding hydrogens is 304 g/mol. The SMILES string of the molecule is Cc1cc(/C=C/c2ccc(Cl)cc2Br)cs1. The smallest absolute Gasteiger partial charge is 0.0417 e. The first-order valence-electron chi connectivity index (χ1n) is 4.83. The summed E-state index contributed by atoms with van der Waals surface area (Å²) in [6.45, 7) is 2.11. The van der Waals surface area contributed by atoms with Crippen LogP contribution >= 0.6 is 38.9 Å². The first-order valence-corrected chi connectivity index (χ1v) is 6.88. The number of halogens is 2. The van der Waals surface area contributed by atoms with Gasteiger partial charge in [0.1, 0.15) is 0 Å². The van der Waals surface area contributed by atoms with Gasteiger partial charge in [0, 0.05) is 14.4 Å². The lowest BCUT2D eigenvalue weighted by molar-refractivity contribution is 1.60. The monoisotopic (exact) mass is 312 g/mol. The Balaban J connectivity index is 2.23. The molecule has 1 aromatic heterocycles. The molecule has 0 aliphatic carbocycles. The third kappa shape index (κ3) is 2.97. The second-order valence-electron chi connectivity index (χ2n) is 3.49. The molecule has 0 aliphatic heterocycles. The van der Waals surface area contributed by atoms with Crippen molar-refractivity contribution in [3.8, 4) is 0 Å². The van der Waals surface area contributed by atoms with Gasteiger partial charge in [-0.3, -0.25) is 0 Å². The Morgan fingerprint density at radius 3 is 2.69 bits per heavy atom. The van der Waals surface area contributed by atoms with E-state index >= 15 is 0 Å². The molecule has 0 saturated heterocycles. The van der Waals surface area contributed by atoms with Gasteiger partial charge in [-0.2, -0.15) is 0 Å². The van der Waals surface area contributed by atoms with Crippen LogP contribution in [0.2, 0.25) is 5.02 Å². The lowest BCUT2D eigenvalue weighted by Crippen LogP contribution is -1.75. The van der Waals surface area contributed by atoms with Gasteiger partial charge in [-0.25, -0.2) is 0 Å². The lowest BCUT2D eigenvalue weighted by atomic mass is 10.2. The summed E-state index contributed by atoms with van der Waals surface area (Å²) in [5.74, 6) is 0. The molecule has 0 fully saturated rings. The second kappa shape index (κ2) is 5.17. The number of hydrogen-bond donors (Lipinski definition) is 0. The third-order valence-corrected chi connectivity index (χ3v) is 3.97. The molecule has 3 heteroatoms. The van der Waals surface area contributed by atoms with Crippen LogP contribution in [0.1, 0.15) is 16.0 Å². The van der Waals surface area contributed by atoms with Crippen LogP contribution in [0.5, 0.6) is 0 Å².